The zero-order chi connectivity index (χ0) is 25.6. The van der Waals surface area contributed by atoms with Crippen LogP contribution in [0.5, 0.6) is 11.5 Å². The number of aryl methyl sites for hydroxylation is 1. The van der Waals surface area contributed by atoms with Gasteiger partial charge in [0, 0.05) is 30.0 Å². The molecular weight excluding hydrogens is 464 g/mol. The number of aliphatic hydroxyl groups excluding tert-OH is 1. The van der Waals surface area contributed by atoms with Crippen molar-refractivity contribution in [1.82, 2.24) is 4.90 Å². The third kappa shape index (κ3) is 4.74. The number of nitrogens with zero attached hydrogens (tertiary/aromatic N) is 1. The molecule has 0 unspecified atom stereocenters. The van der Waals surface area contributed by atoms with E-state index in [-0.39, 0.29) is 29.4 Å². The van der Waals surface area contributed by atoms with E-state index in [1.165, 1.54) is 24.0 Å². The van der Waals surface area contributed by atoms with Gasteiger partial charge in [-0.25, -0.2) is 0 Å². The lowest BCUT2D eigenvalue weighted by atomic mass is 9.54. The smallest absolute Gasteiger partial charge is 0.225 e. The number of rotatable bonds is 6. The third-order valence-electron chi connectivity index (χ3n) is 9.89. The van der Waals surface area contributed by atoms with Gasteiger partial charge in [0.05, 0.1) is 6.10 Å². The first kappa shape index (κ1) is 24.7. The van der Waals surface area contributed by atoms with Gasteiger partial charge < -0.3 is 25.2 Å². The first-order chi connectivity index (χ1) is 17.9. The Morgan fingerprint density at radius 3 is 2.68 bits per heavy atom. The second-order valence-corrected chi connectivity index (χ2v) is 12.0. The van der Waals surface area contributed by atoms with E-state index in [1.54, 1.807) is 6.07 Å². The van der Waals surface area contributed by atoms with Gasteiger partial charge in [-0.3, -0.25) is 4.79 Å². The van der Waals surface area contributed by atoms with Crippen molar-refractivity contribution in [3.05, 3.63) is 53.6 Å². The van der Waals surface area contributed by atoms with E-state index in [2.05, 4.69) is 23.2 Å². The van der Waals surface area contributed by atoms with Gasteiger partial charge in [0.15, 0.2) is 0 Å². The number of anilines is 1. The summed E-state index contributed by atoms with van der Waals surface area (Å²) in [4.78, 5) is 14.8. The van der Waals surface area contributed by atoms with E-state index in [0.29, 0.717) is 24.0 Å². The Labute approximate surface area is 220 Å². The number of nitrogens with one attached hydrogen (secondary N) is 1. The molecule has 37 heavy (non-hydrogen) atoms. The number of carbonyl (C=O) groups excluding carboxylic acids is 1. The number of aromatic hydroxyl groups is 1. The number of benzene rings is 2. The summed E-state index contributed by atoms with van der Waals surface area (Å²) in [6.07, 6.45) is 7.43. The highest BCUT2D eigenvalue weighted by atomic mass is 16.5. The Morgan fingerprint density at radius 2 is 1.89 bits per heavy atom. The molecule has 1 heterocycles. The fraction of sp³-hybridized carbons (Fsp3) is 0.581. The average Bonchev–Trinajstić information content (AvgIpc) is 3.51. The maximum Gasteiger partial charge on any atom is 0.225 e. The number of amides is 1. The molecule has 0 radical (unpaired) electrons. The second-order valence-electron chi connectivity index (χ2n) is 12.0. The molecule has 6 atom stereocenters. The highest BCUT2D eigenvalue weighted by Crippen LogP contribution is 2.61. The quantitative estimate of drug-likeness (QED) is 0.511. The normalized spacial score (nSPS) is 32.9. The van der Waals surface area contributed by atoms with Gasteiger partial charge >= 0.3 is 0 Å². The Bertz CT molecular complexity index is 1130. The SMILES string of the molecule is C[C@]12C[C@H](Oc3ccc(NC(=O)CCN4CCCC4)cc3)[C@@H]3c4ccc(O)cc4CC[C@H]3[C@@H]1CC[C@@H]2O. The van der Waals surface area contributed by atoms with Crippen molar-refractivity contribution < 1.29 is 19.7 Å². The summed E-state index contributed by atoms with van der Waals surface area (Å²) >= 11 is 0. The van der Waals surface area contributed by atoms with E-state index < -0.39 is 0 Å². The summed E-state index contributed by atoms with van der Waals surface area (Å²) in [5, 5.41) is 24.1. The van der Waals surface area contributed by atoms with Crippen LogP contribution < -0.4 is 10.1 Å². The highest BCUT2D eigenvalue weighted by molar-refractivity contribution is 5.90. The molecule has 3 N–H and O–H groups in total. The predicted octanol–water partition coefficient (Wildman–Crippen LogP) is 5.09. The Morgan fingerprint density at radius 1 is 1.11 bits per heavy atom. The molecule has 0 aromatic heterocycles. The largest absolute Gasteiger partial charge is 0.508 e. The van der Waals surface area contributed by atoms with Crippen LogP contribution in [0.4, 0.5) is 5.69 Å². The Balaban J connectivity index is 1.18. The lowest BCUT2D eigenvalue weighted by Gasteiger charge is -2.53. The Kier molecular flexibility index (Phi) is 6.66. The third-order valence-corrected chi connectivity index (χ3v) is 9.89. The van der Waals surface area contributed by atoms with Gasteiger partial charge in [0.25, 0.3) is 0 Å². The molecule has 2 aromatic rings. The van der Waals surface area contributed by atoms with Crippen LogP contribution >= 0.6 is 0 Å². The van der Waals surface area contributed by atoms with Gasteiger partial charge in [0.2, 0.25) is 5.91 Å². The zero-order valence-electron chi connectivity index (χ0n) is 21.9. The molecule has 3 aliphatic carbocycles. The van der Waals surface area contributed by atoms with Gasteiger partial charge in [0.1, 0.15) is 17.6 Å². The van der Waals surface area contributed by atoms with Gasteiger partial charge in [-0.1, -0.05) is 13.0 Å². The zero-order valence-corrected chi connectivity index (χ0v) is 21.9. The topological polar surface area (TPSA) is 82.0 Å². The number of fused-ring (bicyclic) bond motifs is 5. The lowest BCUT2D eigenvalue weighted by Crippen LogP contribution is -2.51. The summed E-state index contributed by atoms with van der Waals surface area (Å²) in [5.74, 6) is 2.37. The number of hydrogen-bond donors (Lipinski definition) is 3. The number of phenols is 1. The van der Waals surface area contributed by atoms with Crippen molar-refractivity contribution >= 4 is 11.6 Å². The molecule has 1 aliphatic heterocycles. The number of aliphatic hydroxyl groups is 1. The molecule has 1 saturated heterocycles. The first-order valence-electron chi connectivity index (χ1n) is 14.2. The number of hydrogen-bond acceptors (Lipinski definition) is 5. The standard InChI is InChI=1S/C31H40N2O4/c1-31-19-27(37-23-8-5-21(6-9-23)32-29(36)14-17-33-15-2-3-16-33)30-24-11-7-22(34)18-20(24)4-10-25(30)26(31)12-13-28(31)35/h5-9,11,18,25-28,30,34-35H,2-4,10,12-17,19H2,1H3,(H,32,36)/t25-,26-,27-,28-,30+,31-/m0/s1. The molecule has 4 aliphatic rings. The summed E-state index contributed by atoms with van der Waals surface area (Å²) < 4.78 is 6.72. The van der Waals surface area contributed by atoms with Crippen LogP contribution in [-0.2, 0) is 11.2 Å². The minimum atomic E-state index is -0.288. The van der Waals surface area contributed by atoms with Crippen LogP contribution in [0.1, 0.15) is 68.9 Å². The van der Waals surface area contributed by atoms with Crippen molar-refractivity contribution in [3.63, 3.8) is 0 Å². The molecule has 2 aromatic carbocycles. The molecule has 0 bridgehead atoms. The summed E-state index contributed by atoms with van der Waals surface area (Å²) in [6, 6.07) is 13.6. The molecule has 6 heteroatoms. The van der Waals surface area contributed by atoms with Crippen LogP contribution in [0.3, 0.4) is 0 Å². The number of ether oxygens (including phenoxy) is 1. The average molecular weight is 505 g/mol. The maximum atomic E-state index is 12.4. The fourth-order valence-corrected chi connectivity index (χ4v) is 7.98. The maximum absolute atomic E-state index is 12.4. The van der Waals surface area contributed by atoms with Crippen molar-refractivity contribution in [2.45, 2.75) is 76.4 Å². The van der Waals surface area contributed by atoms with Crippen LogP contribution in [0.25, 0.3) is 0 Å². The van der Waals surface area contributed by atoms with Gasteiger partial charge in [-0.05, 0) is 117 Å². The number of likely N-dealkylation sites (tertiary alicyclic amines) is 1. The molecule has 0 spiro atoms. The van der Waals surface area contributed by atoms with Crippen LogP contribution in [0.2, 0.25) is 0 Å². The molecule has 6 nitrogen and oxygen atoms in total. The minimum absolute atomic E-state index is 0.0481. The second kappa shape index (κ2) is 9.95. The first-order valence-corrected chi connectivity index (χ1v) is 14.2. The molecule has 2 saturated carbocycles. The number of carbonyl (C=O) groups is 1. The van der Waals surface area contributed by atoms with Crippen molar-refractivity contribution in [3.8, 4) is 11.5 Å². The fourth-order valence-electron chi connectivity index (χ4n) is 7.98. The monoisotopic (exact) mass is 504 g/mol. The van der Waals surface area contributed by atoms with E-state index >= 15 is 0 Å². The van der Waals surface area contributed by atoms with Gasteiger partial charge in [-0.15, -0.1) is 0 Å². The summed E-state index contributed by atoms with van der Waals surface area (Å²) in [7, 11) is 0. The summed E-state index contributed by atoms with van der Waals surface area (Å²) in [5.41, 5.74) is 3.18. The van der Waals surface area contributed by atoms with E-state index in [9.17, 15) is 15.0 Å². The Hall–Kier alpha value is -2.57. The lowest BCUT2D eigenvalue weighted by molar-refractivity contribution is -0.116. The van der Waals surface area contributed by atoms with Crippen LogP contribution in [0, 0.1) is 17.3 Å². The molecular formula is C31H40N2O4. The van der Waals surface area contributed by atoms with Crippen LogP contribution in [0.15, 0.2) is 42.5 Å². The van der Waals surface area contributed by atoms with Gasteiger partial charge in [-0.2, -0.15) is 0 Å². The number of phenolic OH excluding ortho intramolecular Hbond substituents is 1. The van der Waals surface area contributed by atoms with Crippen molar-refractivity contribution in [2.24, 2.45) is 17.3 Å². The van der Waals surface area contributed by atoms with Crippen molar-refractivity contribution in [1.29, 1.82) is 0 Å². The molecule has 1 amide bonds. The highest BCUT2D eigenvalue weighted by Gasteiger charge is 2.58. The van der Waals surface area contributed by atoms with E-state index in [1.807, 2.05) is 30.3 Å². The molecule has 198 valence electrons. The van der Waals surface area contributed by atoms with E-state index in [4.69, 9.17) is 4.74 Å². The van der Waals surface area contributed by atoms with E-state index in [0.717, 1.165) is 63.2 Å². The molecule has 3 fully saturated rings. The molecule has 6 rings (SSSR count). The van der Waals surface area contributed by atoms with Crippen molar-refractivity contribution in [2.75, 3.05) is 25.0 Å². The summed E-state index contributed by atoms with van der Waals surface area (Å²) in [6.45, 7) is 5.28. The van der Waals surface area contributed by atoms with Crippen LogP contribution in [-0.4, -0.2) is 52.9 Å². The minimum Gasteiger partial charge on any atom is -0.508 e. The predicted molar refractivity (Wildman–Crippen MR) is 144 cm³/mol.